The molecule has 0 radical (unpaired) electrons. The van der Waals surface area contributed by atoms with Gasteiger partial charge in [-0.05, 0) is 52.4 Å². The molecular formula is C15H31NO. The molecule has 0 aromatic rings. The lowest BCUT2D eigenvalue weighted by molar-refractivity contribution is 0.0419. The molecule has 1 aliphatic carbocycles. The third-order valence-corrected chi connectivity index (χ3v) is 4.03. The van der Waals surface area contributed by atoms with Gasteiger partial charge in [0.1, 0.15) is 0 Å². The number of hydrogen-bond donors (Lipinski definition) is 1. The molecule has 2 heteroatoms. The van der Waals surface area contributed by atoms with Crippen LogP contribution in [0.2, 0.25) is 0 Å². The van der Waals surface area contributed by atoms with Crippen LogP contribution in [0.1, 0.15) is 66.2 Å². The number of methoxy groups -OCH3 is 1. The molecule has 1 rings (SSSR count). The van der Waals surface area contributed by atoms with Crippen molar-refractivity contribution in [2.24, 2.45) is 5.41 Å². The molecule has 1 atom stereocenters. The maximum atomic E-state index is 5.48. The zero-order chi connectivity index (χ0) is 12.9. The van der Waals surface area contributed by atoms with E-state index in [2.05, 4.69) is 33.0 Å². The Morgan fingerprint density at radius 2 is 1.76 bits per heavy atom. The summed E-state index contributed by atoms with van der Waals surface area (Å²) < 4.78 is 5.48. The minimum absolute atomic E-state index is 0.223. The molecule has 0 amide bonds. The Morgan fingerprint density at radius 1 is 1.18 bits per heavy atom. The Morgan fingerprint density at radius 3 is 2.24 bits per heavy atom. The molecule has 0 aromatic heterocycles. The summed E-state index contributed by atoms with van der Waals surface area (Å²) in [6, 6.07) is 0. The topological polar surface area (TPSA) is 21.3 Å². The molecule has 0 spiro atoms. The summed E-state index contributed by atoms with van der Waals surface area (Å²) in [6.07, 6.45) is 8.51. The van der Waals surface area contributed by atoms with E-state index >= 15 is 0 Å². The molecular weight excluding hydrogens is 210 g/mol. The molecule has 1 saturated carbocycles. The lowest BCUT2D eigenvalue weighted by Crippen LogP contribution is -2.46. The van der Waals surface area contributed by atoms with E-state index in [1.807, 2.05) is 7.11 Å². The van der Waals surface area contributed by atoms with Crippen molar-refractivity contribution in [3.8, 4) is 0 Å². The molecule has 0 aromatic carbocycles. The fourth-order valence-corrected chi connectivity index (χ4v) is 2.90. The van der Waals surface area contributed by atoms with Crippen molar-refractivity contribution in [3.05, 3.63) is 0 Å². The maximum Gasteiger partial charge on any atom is 0.0549 e. The number of ether oxygens (including phenoxy) is 1. The van der Waals surface area contributed by atoms with Crippen LogP contribution in [0.3, 0.4) is 0 Å². The molecule has 0 heterocycles. The Kier molecular flexibility index (Phi) is 5.46. The van der Waals surface area contributed by atoms with E-state index in [0.29, 0.717) is 11.5 Å². The normalized spacial score (nSPS) is 22.4. The van der Waals surface area contributed by atoms with E-state index < -0.39 is 0 Å². The van der Waals surface area contributed by atoms with Gasteiger partial charge in [0.05, 0.1) is 6.10 Å². The van der Waals surface area contributed by atoms with Crippen molar-refractivity contribution in [3.63, 3.8) is 0 Å². The maximum absolute atomic E-state index is 5.48. The van der Waals surface area contributed by atoms with Crippen LogP contribution in [0.25, 0.3) is 0 Å². The summed E-state index contributed by atoms with van der Waals surface area (Å²) in [6.45, 7) is 10.1. The average molecular weight is 241 g/mol. The molecule has 1 aliphatic rings. The van der Waals surface area contributed by atoms with Crippen LogP contribution < -0.4 is 5.32 Å². The Labute approximate surface area is 108 Å². The quantitative estimate of drug-likeness (QED) is 0.791. The first-order valence-corrected chi connectivity index (χ1v) is 7.15. The predicted molar refractivity (Wildman–Crippen MR) is 74.4 cm³/mol. The smallest absolute Gasteiger partial charge is 0.0549 e. The lowest BCUT2D eigenvalue weighted by atomic mass is 9.70. The third-order valence-electron chi connectivity index (χ3n) is 4.03. The molecule has 0 saturated heterocycles. The first-order chi connectivity index (χ1) is 7.87. The molecule has 102 valence electrons. The highest BCUT2D eigenvalue weighted by atomic mass is 16.5. The van der Waals surface area contributed by atoms with Crippen molar-refractivity contribution in [1.29, 1.82) is 0 Å². The molecule has 17 heavy (non-hydrogen) atoms. The van der Waals surface area contributed by atoms with Gasteiger partial charge in [-0.1, -0.05) is 19.3 Å². The molecule has 1 fully saturated rings. The second-order valence-electron chi connectivity index (χ2n) is 6.91. The van der Waals surface area contributed by atoms with Crippen LogP contribution in [0.4, 0.5) is 0 Å². The van der Waals surface area contributed by atoms with Crippen molar-refractivity contribution in [2.75, 3.05) is 13.7 Å². The van der Waals surface area contributed by atoms with E-state index in [-0.39, 0.29) is 5.54 Å². The van der Waals surface area contributed by atoms with E-state index in [9.17, 15) is 0 Å². The van der Waals surface area contributed by atoms with Gasteiger partial charge in [-0.3, -0.25) is 0 Å². The summed E-state index contributed by atoms with van der Waals surface area (Å²) in [5.41, 5.74) is 0.696. The zero-order valence-corrected chi connectivity index (χ0v) is 12.4. The fourth-order valence-electron chi connectivity index (χ4n) is 2.90. The molecule has 1 unspecified atom stereocenters. The summed E-state index contributed by atoms with van der Waals surface area (Å²) in [4.78, 5) is 0. The van der Waals surface area contributed by atoms with Gasteiger partial charge in [0.15, 0.2) is 0 Å². The van der Waals surface area contributed by atoms with Crippen LogP contribution in [-0.2, 0) is 4.74 Å². The Hall–Kier alpha value is -0.0800. The third kappa shape index (κ3) is 5.39. The number of rotatable bonds is 5. The SMILES string of the molecule is COC(C)CC1(CNC(C)(C)C)CCCCC1. The van der Waals surface area contributed by atoms with Crippen LogP contribution in [0, 0.1) is 5.41 Å². The second kappa shape index (κ2) is 6.19. The first-order valence-electron chi connectivity index (χ1n) is 7.15. The number of nitrogens with one attached hydrogen (secondary N) is 1. The lowest BCUT2D eigenvalue weighted by Gasteiger charge is -2.41. The van der Waals surface area contributed by atoms with Gasteiger partial charge < -0.3 is 10.1 Å². The predicted octanol–water partition coefficient (Wildman–Crippen LogP) is 3.75. The van der Waals surface area contributed by atoms with Crippen LogP contribution in [-0.4, -0.2) is 25.3 Å². The largest absolute Gasteiger partial charge is 0.382 e. The standard InChI is InChI=1S/C15H31NO/c1-13(17-5)11-15(9-7-6-8-10-15)12-16-14(2,3)4/h13,16H,6-12H2,1-5H3. The molecule has 0 bridgehead atoms. The van der Waals surface area contributed by atoms with Gasteiger partial charge in [0.2, 0.25) is 0 Å². The first kappa shape index (κ1) is 15.0. The van der Waals surface area contributed by atoms with Crippen LogP contribution >= 0.6 is 0 Å². The van der Waals surface area contributed by atoms with Crippen molar-refractivity contribution >= 4 is 0 Å². The monoisotopic (exact) mass is 241 g/mol. The minimum atomic E-state index is 0.223. The van der Waals surface area contributed by atoms with Crippen LogP contribution in [0.15, 0.2) is 0 Å². The average Bonchev–Trinajstić information content (AvgIpc) is 2.27. The van der Waals surface area contributed by atoms with E-state index in [0.717, 1.165) is 6.54 Å². The van der Waals surface area contributed by atoms with Crippen molar-refractivity contribution in [2.45, 2.75) is 77.9 Å². The Bertz CT molecular complexity index is 213. The highest BCUT2D eigenvalue weighted by Crippen LogP contribution is 2.40. The van der Waals surface area contributed by atoms with Gasteiger partial charge in [-0.2, -0.15) is 0 Å². The van der Waals surface area contributed by atoms with Gasteiger partial charge in [-0.25, -0.2) is 0 Å². The minimum Gasteiger partial charge on any atom is -0.382 e. The summed E-state index contributed by atoms with van der Waals surface area (Å²) in [7, 11) is 1.83. The second-order valence-corrected chi connectivity index (χ2v) is 6.91. The van der Waals surface area contributed by atoms with E-state index in [1.165, 1.54) is 38.5 Å². The van der Waals surface area contributed by atoms with E-state index in [1.54, 1.807) is 0 Å². The zero-order valence-electron chi connectivity index (χ0n) is 12.4. The molecule has 2 nitrogen and oxygen atoms in total. The van der Waals surface area contributed by atoms with Crippen LogP contribution in [0.5, 0.6) is 0 Å². The summed E-state index contributed by atoms with van der Waals surface area (Å²) in [5, 5.41) is 3.71. The fraction of sp³-hybridized carbons (Fsp3) is 1.00. The van der Waals surface area contributed by atoms with Gasteiger partial charge in [0.25, 0.3) is 0 Å². The number of hydrogen-bond acceptors (Lipinski definition) is 2. The van der Waals surface area contributed by atoms with Crippen molar-refractivity contribution in [1.82, 2.24) is 5.32 Å². The molecule has 0 aliphatic heterocycles. The summed E-state index contributed by atoms with van der Waals surface area (Å²) in [5.74, 6) is 0. The van der Waals surface area contributed by atoms with Gasteiger partial charge >= 0.3 is 0 Å². The van der Waals surface area contributed by atoms with E-state index in [4.69, 9.17) is 4.74 Å². The van der Waals surface area contributed by atoms with Crippen molar-refractivity contribution < 1.29 is 4.74 Å². The molecule has 1 N–H and O–H groups in total. The highest BCUT2D eigenvalue weighted by Gasteiger charge is 2.34. The highest BCUT2D eigenvalue weighted by molar-refractivity contribution is 4.88. The van der Waals surface area contributed by atoms with Gasteiger partial charge in [-0.15, -0.1) is 0 Å². The summed E-state index contributed by atoms with van der Waals surface area (Å²) >= 11 is 0. The van der Waals surface area contributed by atoms with Gasteiger partial charge in [0, 0.05) is 19.2 Å². The Balaban J connectivity index is 2.58.